The third-order valence-electron chi connectivity index (χ3n) is 5.26. The van der Waals surface area contributed by atoms with Crippen LogP contribution in [0, 0.1) is 0 Å². The maximum absolute atomic E-state index is 12.6. The fourth-order valence-corrected chi connectivity index (χ4v) is 4.65. The number of amides is 1. The molecule has 1 aliphatic heterocycles. The Kier molecular flexibility index (Phi) is 5.85. The zero-order valence-electron chi connectivity index (χ0n) is 16.8. The first-order valence-electron chi connectivity index (χ1n) is 9.77. The van der Waals surface area contributed by atoms with Gasteiger partial charge in [0.05, 0.1) is 18.9 Å². The SMILES string of the molecule is COc1ccc2sc(N3CCN(C(=O)CCc4ccccc4)CC3)nc2c1OC. The number of anilines is 1. The van der Waals surface area contributed by atoms with Gasteiger partial charge < -0.3 is 19.3 Å². The number of methoxy groups -OCH3 is 2. The fourth-order valence-electron chi connectivity index (χ4n) is 3.63. The molecule has 29 heavy (non-hydrogen) atoms. The highest BCUT2D eigenvalue weighted by Crippen LogP contribution is 2.40. The molecule has 0 spiro atoms. The lowest BCUT2D eigenvalue weighted by Gasteiger charge is -2.34. The van der Waals surface area contributed by atoms with Crippen LogP contribution < -0.4 is 14.4 Å². The lowest BCUT2D eigenvalue weighted by Crippen LogP contribution is -2.48. The summed E-state index contributed by atoms with van der Waals surface area (Å²) in [6, 6.07) is 14.1. The minimum Gasteiger partial charge on any atom is -0.493 e. The Balaban J connectivity index is 1.38. The van der Waals surface area contributed by atoms with Gasteiger partial charge in [-0.2, -0.15) is 0 Å². The van der Waals surface area contributed by atoms with Crippen LogP contribution in [0.1, 0.15) is 12.0 Å². The van der Waals surface area contributed by atoms with Gasteiger partial charge in [0.15, 0.2) is 16.6 Å². The van der Waals surface area contributed by atoms with Crippen LogP contribution in [0.5, 0.6) is 11.5 Å². The van der Waals surface area contributed by atoms with E-state index in [4.69, 9.17) is 14.5 Å². The van der Waals surface area contributed by atoms with Crippen LogP contribution in [-0.4, -0.2) is 56.2 Å². The topological polar surface area (TPSA) is 54.9 Å². The number of hydrogen-bond donors (Lipinski definition) is 0. The molecular formula is C22H25N3O3S. The zero-order chi connectivity index (χ0) is 20.2. The van der Waals surface area contributed by atoms with Crippen molar-refractivity contribution < 1.29 is 14.3 Å². The molecule has 1 aliphatic rings. The first-order valence-corrected chi connectivity index (χ1v) is 10.6. The van der Waals surface area contributed by atoms with Gasteiger partial charge in [0.25, 0.3) is 0 Å². The Hall–Kier alpha value is -2.80. The predicted octanol–water partition coefficient (Wildman–Crippen LogP) is 3.59. The van der Waals surface area contributed by atoms with E-state index in [1.165, 1.54) is 5.56 Å². The normalized spacial score (nSPS) is 14.3. The molecule has 0 radical (unpaired) electrons. The monoisotopic (exact) mass is 411 g/mol. The number of benzene rings is 2. The summed E-state index contributed by atoms with van der Waals surface area (Å²) in [5.74, 6) is 1.58. The first-order chi connectivity index (χ1) is 14.2. The van der Waals surface area contributed by atoms with Crippen LogP contribution in [0.15, 0.2) is 42.5 Å². The zero-order valence-corrected chi connectivity index (χ0v) is 17.6. The molecule has 1 aromatic heterocycles. The molecule has 0 saturated carbocycles. The number of hydrogen-bond acceptors (Lipinski definition) is 6. The average molecular weight is 412 g/mol. The van der Waals surface area contributed by atoms with Crippen LogP contribution in [0.3, 0.4) is 0 Å². The first kappa shape index (κ1) is 19.5. The van der Waals surface area contributed by atoms with E-state index in [-0.39, 0.29) is 5.91 Å². The quantitative estimate of drug-likeness (QED) is 0.620. The highest BCUT2D eigenvalue weighted by molar-refractivity contribution is 7.22. The third kappa shape index (κ3) is 4.15. The molecule has 2 heterocycles. The highest BCUT2D eigenvalue weighted by atomic mass is 32.1. The van der Waals surface area contributed by atoms with Gasteiger partial charge in [-0.15, -0.1) is 0 Å². The molecule has 0 bridgehead atoms. The summed E-state index contributed by atoms with van der Waals surface area (Å²) in [7, 11) is 3.27. The summed E-state index contributed by atoms with van der Waals surface area (Å²) in [4.78, 5) is 21.6. The van der Waals surface area contributed by atoms with E-state index in [0.717, 1.165) is 47.9 Å². The number of ether oxygens (including phenoxy) is 2. The van der Waals surface area contributed by atoms with Crippen molar-refractivity contribution in [1.29, 1.82) is 0 Å². The van der Waals surface area contributed by atoms with E-state index in [9.17, 15) is 4.79 Å². The molecule has 2 aromatic carbocycles. The van der Waals surface area contributed by atoms with Crippen molar-refractivity contribution in [1.82, 2.24) is 9.88 Å². The van der Waals surface area contributed by atoms with Crippen molar-refractivity contribution in [2.75, 3.05) is 45.3 Å². The van der Waals surface area contributed by atoms with E-state index in [0.29, 0.717) is 17.9 Å². The van der Waals surface area contributed by atoms with E-state index in [1.54, 1.807) is 25.6 Å². The van der Waals surface area contributed by atoms with Crippen LogP contribution >= 0.6 is 11.3 Å². The minimum absolute atomic E-state index is 0.226. The molecule has 7 heteroatoms. The minimum atomic E-state index is 0.226. The number of aromatic nitrogens is 1. The lowest BCUT2D eigenvalue weighted by molar-refractivity contribution is -0.131. The van der Waals surface area contributed by atoms with Crippen molar-refractivity contribution in [3.05, 3.63) is 48.0 Å². The van der Waals surface area contributed by atoms with Crippen LogP contribution in [0.2, 0.25) is 0 Å². The van der Waals surface area contributed by atoms with E-state index < -0.39 is 0 Å². The average Bonchev–Trinajstić information content (AvgIpc) is 3.22. The maximum Gasteiger partial charge on any atom is 0.223 e. The standard InChI is InChI=1S/C22H25N3O3S/c1-27-17-9-10-18-20(21(17)28-2)23-22(29-18)25-14-12-24(13-15-25)19(26)11-8-16-6-4-3-5-7-16/h3-7,9-10H,8,11-15H2,1-2H3. The molecule has 4 rings (SSSR count). The number of thiazole rings is 1. The van der Waals surface area contributed by atoms with Gasteiger partial charge in [-0.05, 0) is 24.1 Å². The molecule has 0 N–H and O–H groups in total. The second-order valence-electron chi connectivity index (χ2n) is 7.00. The summed E-state index contributed by atoms with van der Waals surface area (Å²) < 4.78 is 12.0. The molecule has 0 aliphatic carbocycles. The number of carbonyl (C=O) groups excluding carboxylic acids is 1. The van der Waals surface area contributed by atoms with Crippen molar-refractivity contribution >= 4 is 32.6 Å². The number of piperazine rings is 1. The van der Waals surface area contributed by atoms with Gasteiger partial charge in [0.2, 0.25) is 5.91 Å². The van der Waals surface area contributed by atoms with Gasteiger partial charge >= 0.3 is 0 Å². The number of rotatable bonds is 6. The Morgan fingerprint density at radius 2 is 1.79 bits per heavy atom. The maximum atomic E-state index is 12.6. The van der Waals surface area contributed by atoms with E-state index in [2.05, 4.69) is 17.0 Å². The van der Waals surface area contributed by atoms with Gasteiger partial charge in [0.1, 0.15) is 5.52 Å². The summed E-state index contributed by atoms with van der Waals surface area (Å²) in [5.41, 5.74) is 2.03. The van der Waals surface area contributed by atoms with Gasteiger partial charge in [-0.25, -0.2) is 4.98 Å². The van der Waals surface area contributed by atoms with Gasteiger partial charge in [0, 0.05) is 32.6 Å². The molecule has 3 aromatic rings. The highest BCUT2D eigenvalue weighted by Gasteiger charge is 2.24. The molecular weight excluding hydrogens is 386 g/mol. The van der Waals surface area contributed by atoms with Crippen LogP contribution in [0.25, 0.3) is 10.2 Å². The predicted molar refractivity (Wildman–Crippen MR) is 116 cm³/mol. The van der Waals surface area contributed by atoms with Crippen molar-refractivity contribution in [2.45, 2.75) is 12.8 Å². The largest absolute Gasteiger partial charge is 0.493 e. The van der Waals surface area contributed by atoms with E-state index >= 15 is 0 Å². The Morgan fingerprint density at radius 1 is 1.03 bits per heavy atom. The summed E-state index contributed by atoms with van der Waals surface area (Å²) in [5, 5.41) is 0.961. The summed E-state index contributed by atoms with van der Waals surface area (Å²) in [6.07, 6.45) is 1.35. The second-order valence-corrected chi connectivity index (χ2v) is 8.01. The van der Waals surface area contributed by atoms with Crippen molar-refractivity contribution in [3.63, 3.8) is 0 Å². The summed E-state index contributed by atoms with van der Waals surface area (Å²) in [6.45, 7) is 3.03. The molecule has 152 valence electrons. The fraction of sp³-hybridized carbons (Fsp3) is 0.364. The van der Waals surface area contributed by atoms with Crippen LogP contribution in [-0.2, 0) is 11.2 Å². The van der Waals surface area contributed by atoms with Gasteiger partial charge in [-0.3, -0.25) is 4.79 Å². The molecule has 0 unspecified atom stereocenters. The number of carbonyl (C=O) groups is 1. The van der Waals surface area contributed by atoms with Crippen molar-refractivity contribution in [2.24, 2.45) is 0 Å². The molecule has 1 saturated heterocycles. The third-order valence-corrected chi connectivity index (χ3v) is 6.35. The van der Waals surface area contributed by atoms with Gasteiger partial charge in [-0.1, -0.05) is 41.7 Å². The molecule has 0 atom stereocenters. The van der Waals surface area contributed by atoms with Crippen LogP contribution in [0.4, 0.5) is 5.13 Å². The Labute approximate surface area is 174 Å². The Bertz CT molecular complexity index is 982. The number of aryl methyl sites for hydroxylation is 1. The summed E-state index contributed by atoms with van der Waals surface area (Å²) >= 11 is 1.65. The Morgan fingerprint density at radius 3 is 2.48 bits per heavy atom. The smallest absolute Gasteiger partial charge is 0.223 e. The van der Waals surface area contributed by atoms with E-state index in [1.807, 2.05) is 35.2 Å². The molecule has 1 fully saturated rings. The van der Waals surface area contributed by atoms with Crippen molar-refractivity contribution in [3.8, 4) is 11.5 Å². The lowest BCUT2D eigenvalue weighted by atomic mass is 10.1. The number of fused-ring (bicyclic) bond motifs is 1. The second kappa shape index (κ2) is 8.69. The number of nitrogens with zero attached hydrogens (tertiary/aromatic N) is 3. The molecule has 1 amide bonds. The molecule has 6 nitrogen and oxygen atoms in total.